The number of hydrogen-bond donors (Lipinski definition) is 2. The van der Waals surface area contributed by atoms with Gasteiger partial charge in [0.15, 0.2) is 5.78 Å². The van der Waals surface area contributed by atoms with Crippen molar-refractivity contribution < 1.29 is 14.7 Å². The molecule has 0 spiro atoms. The summed E-state index contributed by atoms with van der Waals surface area (Å²) in [5, 5.41) is 12.3. The average molecular weight is 292 g/mol. The van der Waals surface area contributed by atoms with Crippen LogP contribution in [-0.4, -0.2) is 34.5 Å². The molecule has 1 aromatic rings. The molecule has 2 rings (SSSR count). The number of hydrogen-bond acceptors (Lipinski definition) is 3. The summed E-state index contributed by atoms with van der Waals surface area (Å²) in [5.74, 6) is 0.435. The number of aliphatic hydroxyl groups is 1. The maximum Gasteiger partial charge on any atom is 0.267 e. The van der Waals surface area contributed by atoms with Gasteiger partial charge in [-0.3, -0.25) is 9.59 Å². The Bertz CT molecular complexity index is 522. The molecule has 21 heavy (non-hydrogen) atoms. The molecule has 1 aliphatic carbocycles. The van der Waals surface area contributed by atoms with Crippen LogP contribution in [0, 0.1) is 11.8 Å². The molecule has 1 heterocycles. The van der Waals surface area contributed by atoms with Gasteiger partial charge < -0.3 is 15.0 Å². The first-order valence-corrected chi connectivity index (χ1v) is 7.59. The number of Topliss-reactive ketones (excluding diaryl/α,β-unsaturated/α-hetero) is 1. The van der Waals surface area contributed by atoms with E-state index in [1.807, 2.05) is 0 Å². The van der Waals surface area contributed by atoms with Gasteiger partial charge in [0.2, 0.25) is 0 Å². The van der Waals surface area contributed by atoms with Crippen molar-refractivity contribution in [3.8, 4) is 0 Å². The Labute approximate surface area is 125 Å². The lowest BCUT2D eigenvalue weighted by molar-refractivity contribution is 0.0901. The van der Waals surface area contributed by atoms with Gasteiger partial charge in [0.25, 0.3) is 5.91 Å². The SMILES string of the molecule is CC(=O)c1cc(C(=O)NCC2CCCCC2CO)n(C)c1. The van der Waals surface area contributed by atoms with E-state index >= 15 is 0 Å². The molecular weight excluding hydrogens is 268 g/mol. The summed E-state index contributed by atoms with van der Waals surface area (Å²) in [6.45, 7) is 2.27. The van der Waals surface area contributed by atoms with E-state index < -0.39 is 0 Å². The second-order valence-corrected chi connectivity index (χ2v) is 5.98. The third-order valence-corrected chi connectivity index (χ3v) is 4.47. The number of nitrogens with zero attached hydrogens (tertiary/aromatic N) is 1. The van der Waals surface area contributed by atoms with Gasteiger partial charge >= 0.3 is 0 Å². The number of nitrogens with one attached hydrogen (secondary N) is 1. The Morgan fingerprint density at radius 2 is 2.00 bits per heavy atom. The zero-order chi connectivity index (χ0) is 15.4. The zero-order valence-corrected chi connectivity index (χ0v) is 12.8. The summed E-state index contributed by atoms with van der Waals surface area (Å²) >= 11 is 0. The van der Waals surface area contributed by atoms with Crippen molar-refractivity contribution in [2.45, 2.75) is 32.6 Å². The molecule has 2 atom stereocenters. The molecule has 2 N–H and O–H groups in total. The molecule has 0 aliphatic heterocycles. The molecule has 2 unspecified atom stereocenters. The maximum atomic E-state index is 12.2. The maximum absolute atomic E-state index is 12.2. The predicted octanol–water partition coefficient (Wildman–Crippen LogP) is 1.76. The van der Waals surface area contributed by atoms with Gasteiger partial charge in [0, 0.05) is 32.0 Å². The van der Waals surface area contributed by atoms with Crippen LogP contribution < -0.4 is 5.32 Å². The van der Waals surface area contributed by atoms with Crippen molar-refractivity contribution in [2.24, 2.45) is 18.9 Å². The number of amides is 1. The van der Waals surface area contributed by atoms with Gasteiger partial charge in [-0.05, 0) is 37.7 Å². The van der Waals surface area contributed by atoms with E-state index in [0.717, 1.165) is 25.7 Å². The minimum Gasteiger partial charge on any atom is -0.396 e. The minimum atomic E-state index is -0.160. The molecule has 5 heteroatoms. The van der Waals surface area contributed by atoms with E-state index in [4.69, 9.17) is 0 Å². The number of ketones is 1. The van der Waals surface area contributed by atoms with Crippen molar-refractivity contribution in [3.63, 3.8) is 0 Å². The summed E-state index contributed by atoms with van der Waals surface area (Å²) in [5.41, 5.74) is 1.05. The number of aryl methyl sites for hydroxylation is 1. The fourth-order valence-electron chi connectivity index (χ4n) is 3.09. The minimum absolute atomic E-state index is 0.0442. The highest BCUT2D eigenvalue weighted by atomic mass is 16.3. The summed E-state index contributed by atoms with van der Waals surface area (Å²) in [4.78, 5) is 23.6. The Morgan fingerprint density at radius 3 is 2.57 bits per heavy atom. The molecule has 1 aliphatic rings. The van der Waals surface area contributed by atoms with Gasteiger partial charge in [-0.2, -0.15) is 0 Å². The van der Waals surface area contributed by atoms with E-state index in [1.54, 1.807) is 23.9 Å². The number of rotatable bonds is 5. The van der Waals surface area contributed by atoms with Gasteiger partial charge in [-0.25, -0.2) is 0 Å². The first kappa shape index (κ1) is 15.8. The predicted molar refractivity (Wildman–Crippen MR) is 80.3 cm³/mol. The highest BCUT2D eigenvalue weighted by Crippen LogP contribution is 2.29. The summed E-state index contributed by atoms with van der Waals surface area (Å²) in [6.07, 6.45) is 6.09. The van der Waals surface area contributed by atoms with Gasteiger partial charge in [0.1, 0.15) is 5.69 Å². The lowest BCUT2D eigenvalue weighted by atomic mass is 9.79. The number of carbonyl (C=O) groups is 2. The van der Waals surface area contributed by atoms with E-state index in [-0.39, 0.29) is 18.3 Å². The number of aromatic nitrogens is 1. The van der Waals surface area contributed by atoms with Gasteiger partial charge in [0.05, 0.1) is 0 Å². The first-order chi connectivity index (χ1) is 10.0. The Balaban J connectivity index is 1.96. The molecular formula is C16H24N2O3. The molecule has 0 saturated heterocycles. The third-order valence-electron chi connectivity index (χ3n) is 4.47. The second-order valence-electron chi connectivity index (χ2n) is 5.98. The molecule has 1 aromatic heterocycles. The van der Waals surface area contributed by atoms with Crippen LogP contribution in [0.15, 0.2) is 12.3 Å². The zero-order valence-electron chi connectivity index (χ0n) is 12.8. The molecule has 116 valence electrons. The summed E-state index contributed by atoms with van der Waals surface area (Å²) in [7, 11) is 1.76. The van der Waals surface area contributed by atoms with Crippen LogP contribution in [0.4, 0.5) is 0 Å². The molecule has 0 radical (unpaired) electrons. The number of carbonyl (C=O) groups excluding carboxylic acids is 2. The van der Waals surface area contributed by atoms with Gasteiger partial charge in [-0.15, -0.1) is 0 Å². The smallest absolute Gasteiger partial charge is 0.267 e. The average Bonchev–Trinajstić information content (AvgIpc) is 2.87. The monoisotopic (exact) mass is 292 g/mol. The standard InChI is InChI=1S/C16H24N2O3/c1-11(20)14-7-15(18(2)9-14)16(21)17-8-12-5-3-4-6-13(12)10-19/h7,9,12-13,19H,3-6,8,10H2,1-2H3,(H,17,21). The summed E-state index contributed by atoms with van der Waals surface area (Å²) in [6, 6.07) is 1.63. The molecule has 1 fully saturated rings. The van der Waals surface area contributed by atoms with Crippen LogP contribution in [0.2, 0.25) is 0 Å². The highest BCUT2D eigenvalue weighted by Gasteiger charge is 2.25. The lowest BCUT2D eigenvalue weighted by Gasteiger charge is -2.30. The van der Waals surface area contributed by atoms with E-state index in [2.05, 4.69) is 5.32 Å². The summed E-state index contributed by atoms with van der Waals surface area (Å²) < 4.78 is 1.68. The fraction of sp³-hybridized carbons (Fsp3) is 0.625. The van der Waals surface area contributed by atoms with Crippen molar-refractivity contribution in [1.29, 1.82) is 0 Å². The van der Waals surface area contributed by atoms with E-state index in [0.29, 0.717) is 29.6 Å². The quantitative estimate of drug-likeness (QED) is 0.812. The second kappa shape index (κ2) is 6.89. The third kappa shape index (κ3) is 3.73. The van der Waals surface area contributed by atoms with E-state index in [9.17, 15) is 14.7 Å². The first-order valence-electron chi connectivity index (χ1n) is 7.59. The molecule has 0 bridgehead atoms. The van der Waals surface area contributed by atoms with Crippen molar-refractivity contribution >= 4 is 11.7 Å². The van der Waals surface area contributed by atoms with Crippen LogP contribution in [-0.2, 0) is 7.05 Å². The normalized spacial score (nSPS) is 22.0. The molecule has 1 saturated carbocycles. The van der Waals surface area contributed by atoms with Crippen molar-refractivity contribution in [2.75, 3.05) is 13.2 Å². The van der Waals surface area contributed by atoms with Crippen LogP contribution >= 0.6 is 0 Å². The lowest BCUT2D eigenvalue weighted by Crippen LogP contribution is -2.36. The molecule has 0 aromatic carbocycles. The fourth-order valence-corrected chi connectivity index (χ4v) is 3.09. The van der Waals surface area contributed by atoms with Crippen LogP contribution in [0.3, 0.4) is 0 Å². The molecule has 1 amide bonds. The number of aliphatic hydroxyl groups excluding tert-OH is 1. The topological polar surface area (TPSA) is 71.3 Å². The van der Waals surface area contributed by atoms with Crippen molar-refractivity contribution in [3.05, 3.63) is 23.5 Å². The van der Waals surface area contributed by atoms with Crippen LogP contribution in [0.25, 0.3) is 0 Å². The van der Waals surface area contributed by atoms with Crippen LogP contribution in [0.1, 0.15) is 53.5 Å². The van der Waals surface area contributed by atoms with Crippen LogP contribution in [0.5, 0.6) is 0 Å². The Kier molecular flexibility index (Phi) is 5.17. The largest absolute Gasteiger partial charge is 0.396 e. The highest BCUT2D eigenvalue weighted by molar-refractivity contribution is 5.99. The van der Waals surface area contributed by atoms with E-state index in [1.165, 1.54) is 6.92 Å². The Morgan fingerprint density at radius 1 is 1.33 bits per heavy atom. The van der Waals surface area contributed by atoms with Gasteiger partial charge in [-0.1, -0.05) is 12.8 Å². The van der Waals surface area contributed by atoms with Crippen molar-refractivity contribution in [1.82, 2.24) is 9.88 Å². The molecule has 5 nitrogen and oxygen atoms in total. The Hall–Kier alpha value is -1.62.